The molecule has 1 aromatic heterocycles. The minimum absolute atomic E-state index is 0.0403. The lowest BCUT2D eigenvalue weighted by Gasteiger charge is -2.01. The third-order valence-electron chi connectivity index (χ3n) is 1.92. The molecule has 0 aromatic carbocycles. The second kappa shape index (κ2) is 5.26. The van der Waals surface area contributed by atoms with Gasteiger partial charge in [-0.2, -0.15) is 0 Å². The molecule has 1 heterocycles. The summed E-state index contributed by atoms with van der Waals surface area (Å²) in [4.78, 5) is 11.6. The largest absolute Gasteiger partial charge is 0.494 e. The number of hydrogen-bond acceptors (Lipinski definition) is 4. The van der Waals surface area contributed by atoms with Crippen molar-refractivity contribution in [1.29, 1.82) is 0 Å². The Bertz CT molecular complexity index is 367. The molecule has 3 nitrogen and oxygen atoms in total. The molecule has 78 valence electrons. The van der Waals surface area contributed by atoms with Crippen molar-refractivity contribution in [3.8, 4) is 5.88 Å². The van der Waals surface area contributed by atoms with E-state index in [0.29, 0.717) is 10.4 Å². The fourth-order valence-corrected chi connectivity index (χ4v) is 2.12. The number of aromatic hydroxyl groups is 1. The zero-order chi connectivity index (χ0) is 10.6. The zero-order valence-corrected chi connectivity index (χ0v) is 9.66. The summed E-state index contributed by atoms with van der Waals surface area (Å²) in [5.74, 6) is -0.149. The highest BCUT2D eigenvalue weighted by Crippen LogP contribution is 2.18. The Kier molecular flexibility index (Phi) is 4.28. The van der Waals surface area contributed by atoms with E-state index in [0.717, 1.165) is 19.3 Å². The topological polar surface area (TPSA) is 42.2 Å². The molecule has 1 N–H and O–H groups in total. The number of hydrogen-bond donors (Lipinski definition) is 1. The van der Waals surface area contributed by atoms with Crippen LogP contribution in [0.3, 0.4) is 0 Å². The number of nitrogens with zero attached hydrogens (tertiary/aromatic N) is 1. The van der Waals surface area contributed by atoms with Gasteiger partial charge in [-0.15, -0.1) is 11.3 Å². The maximum Gasteiger partial charge on any atom is 0.235 e. The molecule has 0 atom stereocenters. The van der Waals surface area contributed by atoms with E-state index in [-0.39, 0.29) is 11.8 Å². The van der Waals surface area contributed by atoms with E-state index in [4.69, 9.17) is 12.2 Å². The van der Waals surface area contributed by atoms with Crippen molar-refractivity contribution in [2.75, 3.05) is 0 Å². The van der Waals surface area contributed by atoms with Crippen molar-refractivity contribution < 1.29 is 9.90 Å². The van der Waals surface area contributed by atoms with Gasteiger partial charge in [0.2, 0.25) is 11.8 Å². The molecule has 0 saturated heterocycles. The van der Waals surface area contributed by atoms with E-state index < -0.39 is 0 Å². The van der Waals surface area contributed by atoms with Crippen LogP contribution < -0.4 is 0 Å². The van der Waals surface area contributed by atoms with E-state index in [2.05, 4.69) is 6.92 Å². The van der Waals surface area contributed by atoms with Crippen LogP contribution in [0.4, 0.5) is 0 Å². The summed E-state index contributed by atoms with van der Waals surface area (Å²) in [5, 5.41) is 10.8. The van der Waals surface area contributed by atoms with Crippen LogP contribution in [-0.4, -0.2) is 15.6 Å². The monoisotopic (exact) mass is 231 g/mol. The molecule has 0 amide bonds. The van der Waals surface area contributed by atoms with Crippen LogP contribution >= 0.6 is 23.6 Å². The zero-order valence-electron chi connectivity index (χ0n) is 8.02. The average Bonchev–Trinajstić information content (AvgIpc) is 2.46. The number of unbranched alkanes of at least 4 members (excludes halogenated alkanes) is 2. The van der Waals surface area contributed by atoms with E-state index in [1.165, 1.54) is 21.3 Å². The quantitative estimate of drug-likeness (QED) is 0.639. The molecule has 0 aliphatic heterocycles. The highest BCUT2D eigenvalue weighted by Gasteiger charge is 2.10. The predicted molar refractivity (Wildman–Crippen MR) is 59.6 cm³/mol. The molecule has 0 bridgehead atoms. The van der Waals surface area contributed by atoms with Gasteiger partial charge >= 0.3 is 0 Å². The predicted octanol–water partition coefficient (Wildman–Crippen LogP) is 3.21. The minimum Gasteiger partial charge on any atom is -0.494 e. The maximum absolute atomic E-state index is 11.6. The van der Waals surface area contributed by atoms with Gasteiger partial charge in [-0.05, 0) is 18.6 Å². The molecular formula is C9H13NO2S2. The van der Waals surface area contributed by atoms with Gasteiger partial charge < -0.3 is 5.11 Å². The summed E-state index contributed by atoms with van der Waals surface area (Å²) >= 11 is 6.13. The highest BCUT2D eigenvalue weighted by atomic mass is 32.1. The molecule has 0 aliphatic carbocycles. The summed E-state index contributed by atoms with van der Waals surface area (Å²) in [6, 6.07) is 0. The number of carbonyl (C=O) groups is 1. The molecule has 14 heavy (non-hydrogen) atoms. The molecule has 0 radical (unpaired) electrons. The molecule has 0 saturated carbocycles. The lowest BCUT2D eigenvalue weighted by molar-refractivity contribution is 0.0889. The maximum atomic E-state index is 11.6. The normalized spacial score (nSPS) is 10.4. The Morgan fingerprint density at radius 3 is 2.86 bits per heavy atom. The minimum atomic E-state index is -0.109. The van der Waals surface area contributed by atoms with Crippen LogP contribution in [0.1, 0.15) is 37.4 Å². The van der Waals surface area contributed by atoms with Gasteiger partial charge in [0, 0.05) is 6.42 Å². The smallest absolute Gasteiger partial charge is 0.235 e. The van der Waals surface area contributed by atoms with E-state index in [1.807, 2.05) is 0 Å². The van der Waals surface area contributed by atoms with Crippen LogP contribution in [0.15, 0.2) is 5.38 Å². The lowest BCUT2D eigenvalue weighted by Crippen LogP contribution is -2.09. The Labute approximate surface area is 92.0 Å². The number of aromatic nitrogens is 1. The Morgan fingerprint density at radius 2 is 2.36 bits per heavy atom. The molecule has 1 aromatic rings. The van der Waals surface area contributed by atoms with Crippen LogP contribution in [0.2, 0.25) is 0 Å². The first-order chi connectivity index (χ1) is 6.66. The van der Waals surface area contributed by atoms with Crippen molar-refractivity contribution in [2.45, 2.75) is 32.6 Å². The SMILES string of the molecule is CCCCCC(=O)n1c(O)csc1=S. The van der Waals surface area contributed by atoms with Gasteiger partial charge in [0.05, 0.1) is 5.38 Å². The van der Waals surface area contributed by atoms with Gasteiger partial charge in [0.1, 0.15) is 0 Å². The average molecular weight is 231 g/mol. The Balaban J connectivity index is 2.65. The summed E-state index contributed by atoms with van der Waals surface area (Å²) in [6.07, 6.45) is 3.41. The van der Waals surface area contributed by atoms with Crippen molar-refractivity contribution in [1.82, 2.24) is 4.57 Å². The lowest BCUT2D eigenvalue weighted by atomic mass is 10.2. The molecule has 0 aliphatic rings. The van der Waals surface area contributed by atoms with E-state index >= 15 is 0 Å². The molecule has 1 rings (SSSR count). The van der Waals surface area contributed by atoms with Gasteiger partial charge in [-0.25, -0.2) is 4.57 Å². The van der Waals surface area contributed by atoms with Crippen LogP contribution in [0, 0.1) is 3.95 Å². The van der Waals surface area contributed by atoms with Crippen molar-refractivity contribution >= 4 is 29.5 Å². The molecular weight excluding hydrogens is 218 g/mol. The number of carbonyl (C=O) groups excluding carboxylic acids is 1. The number of thiazole rings is 1. The highest BCUT2D eigenvalue weighted by molar-refractivity contribution is 7.73. The fraction of sp³-hybridized carbons (Fsp3) is 0.556. The van der Waals surface area contributed by atoms with Crippen LogP contribution in [-0.2, 0) is 0 Å². The summed E-state index contributed by atoms with van der Waals surface area (Å²) in [5.41, 5.74) is 0. The Hall–Kier alpha value is -0.680. The fourth-order valence-electron chi connectivity index (χ4n) is 1.17. The van der Waals surface area contributed by atoms with E-state index in [9.17, 15) is 9.90 Å². The first-order valence-corrected chi connectivity index (χ1v) is 5.88. The summed E-state index contributed by atoms with van der Waals surface area (Å²) in [7, 11) is 0. The standard InChI is InChI=1S/C9H13NO2S2/c1-2-3-4-5-7(11)10-8(12)6-14-9(10)13/h6,12H,2-5H2,1H3. The molecule has 0 fully saturated rings. The first-order valence-electron chi connectivity index (χ1n) is 4.59. The van der Waals surface area contributed by atoms with Gasteiger partial charge in [0.25, 0.3) is 0 Å². The molecule has 5 heteroatoms. The second-order valence-electron chi connectivity index (χ2n) is 3.05. The summed E-state index contributed by atoms with van der Waals surface area (Å²) in [6.45, 7) is 2.08. The van der Waals surface area contributed by atoms with Gasteiger partial charge in [-0.3, -0.25) is 4.79 Å². The first kappa shape index (κ1) is 11.4. The van der Waals surface area contributed by atoms with Crippen molar-refractivity contribution in [3.05, 3.63) is 9.33 Å². The molecule has 0 spiro atoms. The van der Waals surface area contributed by atoms with Crippen molar-refractivity contribution in [2.24, 2.45) is 0 Å². The third kappa shape index (κ3) is 2.65. The van der Waals surface area contributed by atoms with Gasteiger partial charge in [0.15, 0.2) is 3.95 Å². The van der Waals surface area contributed by atoms with E-state index in [1.54, 1.807) is 0 Å². The van der Waals surface area contributed by atoms with Crippen LogP contribution in [0.5, 0.6) is 5.88 Å². The number of rotatable bonds is 4. The van der Waals surface area contributed by atoms with Crippen molar-refractivity contribution in [3.63, 3.8) is 0 Å². The second-order valence-corrected chi connectivity index (χ2v) is 4.55. The third-order valence-corrected chi connectivity index (χ3v) is 3.10. The summed E-state index contributed by atoms with van der Waals surface area (Å²) < 4.78 is 1.62. The van der Waals surface area contributed by atoms with Gasteiger partial charge in [-0.1, -0.05) is 19.8 Å². The Morgan fingerprint density at radius 1 is 1.64 bits per heavy atom. The molecule has 0 unspecified atom stereocenters. The van der Waals surface area contributed by atoms with Crippen LogP contribution in [0.25, 0.3) is 0 Å².